The highest BCUT2D eigenvalue weighted by Gasteiger charge is 2.50. The molecule has 0 saturated carbocycles. The first-order valence-corrected chi connectivity index (χ1v) is 9.89. The first-order valence-electron chi connectivity index (χ1n) is 9.89. The van der Waals surface area contributed by atoms with E-state index in [2.05, 4.69) is 16.8 Å². The van der Waals surface area contributed by atoms with Gasteiger partial charge in [-0.15, -0.1) is 0 Å². The summed E-state index contributed by atoms with van der Waals surface area (Å²) in [4.78, 5) is 21.3. The summed E-state index contributed by atoms with van der Waals surface area (Å²) in [6, 6.07) is 3.83. The Bertz CT molecular complexity index is 610. The van der Waals surface area contributed by atoms with Crippen LogP contribution in [0.4, 0.5) is 0 Å². The number of likely N-dealkylation sites (tertiary alicyclic amines) is 2. The van der Waals surface area contributed by atoms with Gasteiger partial charge in [0.2, 0.25) is 5.91 Å². The third kappa shape index (κ3) is 3.71. The van der Waals surface area contributed by atoms with E-state index in [0.29, 0.717) is 25.6 Å². The van der Waals surface area contributed by atoms with Crippen molar-refractivity contribution in [3.05, 3.63) is 24.5 Å². The van der Waals surface area contributed by atoms with Crippen LogP contribution in [0.5, 0.6) is 5.75 Å². The Morgan fingerprint density at radius 3 is 2.85 bits per heavy atom. The summed E-state index contributed by atoms with van der Waals surface area (Å²) in [5, 5.41) is 0. The van der Waals surface area contributed by atoms with E-state index in [1.807, 2.05) is 17.0 Å². The lowest BCUT2D eigenvalue weighted by Gasteiger charge is -2.53. The summed E-state index contributed by atoms with van der Waals surface area (Å²) in [7, 11) is 0. The molecule has 6 heteroatoms. The maximum Gasteiger partial charge on any atom is 0.225 e. The Balaban J connectivity index is 1.28. The predicted octanol–water partition coefficient (Wildman–Crippen LogP) is 1.95. The largest absolute Gasteiger partial charge is 0.489 e. The van der Waals surface area contributed by atoms with E-state index in [1.54, 1.807) is 12.4 Å². The molecule has 26 heavy (non-hydrogen) atoms. The van der Waals surface area contributed by atoms with Crippen molar-refractivity contribution in [3.63, 3.8) is 0 Å². The number of rotatable bonds is 4. The van der Waals surface area contributed by atoms with Crippen molar-refractivity contribution in [1.29, 1.82) is 0 Å². The van der Waals surface area contributed by atoms with Gasteiger partial charge in [0.25, 0.3) is 0 Å². The van der Waals surface area contributed by atoms with Gasteiger partial charge in [-0.3, -0.25) is 9.78 Å². The number of ether oxygens (including phenoxy) is 2. The Hall–Kier alpha value is -1.66. The van der Waals surface area contributed by atoms with E-state index in [1.165, 1.54) is 0 Å². The molecule has 1 aromatic heterocycles. The highest BCUT2D eigenvalue weighted by atomic mass is 16.5. The Labute approximate surface area is 155 Å². The van der Waals surface area contributed by atoms with Crippen molar-refractivity contribution in [2.75, 3.05) is 39.3 Å². The molecule has 3 saturated heterocycles. The average Bonchev–Trinajstić information content (AvgIpc) is 2.66. The van der Waals surface area contributed by atoms with Crippen molar-refractivity contribution < 1.29 is 14.3 Å². The fraction of sp³-hybridized carbons (Fsp3) is 0.700. The molecule has 0 aromatic carbocycles. The zero-order chi connectivity index (χ0) is 18.0. The molecular formula is C20H29N3O3. The second kappa shape index (κ2) is 7.53. The van der Waals surface area contributed by atoms with Gasteiger partial charge >= 0.3 is 0 Å². The summed E-state index contributed by atoms with van der Waals surface area (Å²) >= 11 is 0. The van der Waals surface area contributed by atoms with Gasteiger partial charge in [-0.25, -0.2) is 0 Å². The van der Waals surface area contributed by atoms with Crippen LogP contribution in [0.1, 0.15) is 32.6 Å². The molecule has 3 fully saturated rings. The minimum atomic E-state index is -0.203. The molecule has 4 rings (SSSR count). The molecule has 1 atom stereocenters. The third-order valence-electron chi connectivity index (χ3n) is 6.04. The fourth-order valence-corrected chi connectivity index (χ4v) is 4.47. The quantitative estimate of drug-likeness (QED) is 0.822. The lowest BCUT2D eigenvalue weighted by molar-refractivity contribution is -0.196. The Morgan fingerprint density at radius 2 is 2.15 bits per heavy atom. The van der Waals surface area contributed by atoms with Crippen molar-refractivity contribution in [1.82, 2.24) is 14.8 Å². The van der Waals surface area contributed by atoms with Crippen LogP contribution in [0.3, 0.4) is 0 Å². The van der Waals surface area contributed by atoms with Crippen LogP contribution in [0.2, 0.25) is 0 Å². The van der Waals surface area contributed by atoms with Crippen LogP contribution in [0.15, 0.2) is 24.5 Å². The molecule has 142 valence electrons. The van der Waals surface area contributed by atoms with Crippen molar-refractivity contribution in [2.24, 2.45) is 5.92 Å². The molecule has 3 aliphatic heterocycles. The zero-order valence-corrected chi connectivity index (χ0v) is 15.6. The summed E-state index contributed by atoms with van der Waals surface area (Å²) in [5.41, 5.74) is -0.203. The molecule has 1 spiro atoms. The molecular weight excluding hydrogens is 330 g/mol. The molecule has 0 aliphatic carbocycles. The van der Waals surface area contributed by atoms with Crippen LogP contribution >= 0.6 is 0 Å². The number of aromatic nitrogens is 1. The van der Waals surface area contributed by atoms with Crippen molar-refractivity contribution in [2.45, 2.75) is 44.3 Å². The number of carbonyl (C=O) groups is 1. The molecule has 6 nitrogen and oxygen atoms in total. The maximum absolute atomic E-state index is 12.8. The SMILES string of the molecule is CCN1CCC(C(=O)N2CC3(CC(Oc4cccnc4)CCO3)C2)CC1. The standard InChI is InChI=1S/C20H29N3O3/c1-2-22-9-5-16(6-10-22)19(24)23-14-20(15-23)12-17(7-11-25-20)26-18-4-3-8-21-13-18/h3-4,8,13,16-17H,2,5-7,9-12,14-15H2,1H3. The molecule has 0 N–H and O–H groups in total. The lowest BCUT2D eigenvalue weighted by Crippen LogP contribution is -2.68. The Kier molecular flexibility index (Phi) is 5.14. The molecule has 4 heterocycles. The Morgan fingerprint density at radius 1 is 1.35 bits per heavy atom. The van der Waals surface area contributed by atoms with Gasteiger partial charge < -0.3 is 19.3 Å². The van der Waals surface area contributed by atoms with Gasteiger partial charge in [0.1, 0.15) is 17.5 Å². The summed E-state index contributed by atoms with van der Waals surface area (Å²) in [5.74, 6) is 1.33. The normalized spacial score (nSPS) is 26.5. The van der Waals surface area contributed by atoms with E-state index >= 15 is 0 Å². The number of hydrogen-bond acceptors (Lipinski definition) is 5. The highest BCUT2D eigenvalue weighted by Crippen LogP contribution is 2.37. The van der Waals surface area contributed by atoms with Crippen molar-refractivity contribution >= 4 is 5.91 Å². The molecule has 1 amide bonds. The predicted molar refractivity (Wildman–Crippen MR) is 98.0 cm³/mol. The van der Waals surface area contributed by atoms with Crippen molar-refractivity contribution in [3.8, 4) is 5.75 Å². The molecule has 1 aromatic rings. The van der Waals surface area contributed by atoms with Crippen LogP contribution in [0, 0.1) is 5.92 Å². The number of hydrogen-bond donors (Lipinski definition) is 0. The van der Waals surface area contributed by atoms with Crippen LogP contribution in [0.25, 0.3) is 0 Å². The first-order chi connectivity index (χ1) is 12.7. The van der Waals surface area contributed by atoms with Gasteiger partial charge in [-0.05, 0) is 44.6 Å². The number of piperidine rings is 1. The van der Waals surface area contributed by atoms with Gasteiger partial charge in [-0.1, -0.05) is 6.92 Å². The second-order valence-electron chi connectivity index (χ2n) is 7.86. The second-order valence-corrected chi connectivity index (χ2v) is 7.86. The van der Waals surface area contributed by atoms with Gasteiger partial charge in [-0.2, -0.15) is 0 Å². The molecule has 0 radical (unpaired) electrons. The first kappa shape index (κ1) is 17.7. The number of nitrogens with zero attached hydrogens (tertiary/aromatic N) is 3. The number of pyridine rings is 1. The fourth-order valence-electron chi connectivity index (χ4n) is 4.47. The van der Waals surface area contributed by atoms with E-state index in [0.717, 1.165) is 51.1 Å². The zero-order valence-electron chi connectivity index (χ0n) is 15.6. The monoisotopic (exact) mass is 359 g/mol. The molecule has 1 unspecified atom stereocenters. The summed E-state index contributed by atoms with van der Waals surface area (Å²) in [6.07, 6.45) is 7.35. The maximum atomic E-state index is 12.8. The lowest BCUT2D eigenvalue weighted by atomic mass is 9.83. The molecule has 0 bridgehead atoms. The smallest absolute Gasteiger partial charge is 0.225 e. The van der Waals surface area contributed by atoms with E-state index in [9.17, 15) is 4.79 Å². The van der Waals surface area contributed by atoms with Crippen LogP contribution in [-0.2, 0) is 9.53 Å². The van der Waals surface area contributed by atoms with Gasteiger partial charge in [0, 0.05) is 25.0 Å². The number of amides is 1. The van der Waals surface area contributed by atoms with Gasteiger partial charge in [0.05, 0.1) is 25.9 Å². The summed E-state index contributed by atoms with van der Waals surface area (Å²) < 4.78 is 12.1. The highest BCUT2D eigenvalue weighted by molar-refractivity contribution is 5.80. The van der Waals surface area contributed by atoms with Crippen LogP contribution < -0.4 is 4.74 Å². The third-order valence-corrected chi connectivity index (χ3v) is 6.04. The minimum Gasteiger partial charge on any atom is -0.489 e. The van der Waals surface area contributed by atoms with Gasteiger partial charge in [0.15, 0.2) is 0 Å². The van der Waals surface area contributed by atoms with Crippen LogP contribution in [-0.4, -0.2) is 71.7 Å². The van der Waals surface area contributed by atoms with E-state index < -0.39 is 0 Å². The van der Waals surface area contributed by atoms with E-state index in [-0.39, 0.29) is 17.6 Å². The summed E-state index contributed by atoms with van der Waals surface area (Å²) in [6.45, 7) is 7.49. The topological polar surface area (TPSA) is 54.9 Å². The molecule has 3 aliphatic rings. The average molecular weight is 359 g/mol. The number of carbonyl (C=O) groups excluding carboxylic acids is 1. The minimum absolute atomic E-state index is 0.137. The van der Waals surface area contributed by atoms with E-state index in [4.69, 9.17) is 9.47 Å².